The molecule has 2 amide bonds. The summed E-state index contributed by atoms with van der Waals surface area (Å²) in [5, 5.41) is 5.76. The van der Waals surface area contributed by atoms with Crippen LogP contribution in [0.5, 0.6) is 0 Å². The Morgan fingerprint density at radius 1 is 1.26 bits per heavy atom. The first-order valence-corrected chi connectivity index (χ1v) is 9.80. The number of nitrogens with zero attached hydrogens (tertiary/aromatic N) is 1. The van der Waals surface area contributed by atoms with E-state index in [1.807, 2.05) is 0 Å². The molecule has 1 saturated heterocycles. The maximum absolute atomic E-state index is 12.4. The molecule has 0 bridgehead atoms. The monoisotopic (exact) mass is 376 g/mol. The minimum Gasteiger partial charge on any atom is -0.381 e. The number of carbonyl (C=O) groups is 2. The number of rotatable bonds is 9. The molecule has 1 aromatic rings. The highest BCUT2D eigenvalue weighted by Gasteiger charge is 2.26. The van der Waals surface area contributed by atoms with E-state index in [9.17, 15) is 9.59 Å². The van der Waals surface area contributed by atoms with E-state index in [-0.39, 0.29) is 17.7 Å². The molecule has 0 aliphatic carbocycles. The molecule has 1 fully saturated rings. The number of carbonyl (C=O) groups excluding carboxylic acids is 2. The number of hydrogen-bond acceptors (Lipinski definition) is 5. The van der Waals surface area contributed by atoms with E-state index >= 15 is 0 Å². The fourth-order valence-corrected chi connectivity index (χ4v) is 3.22. The van der Waals surface area contributed by atoms with Gasteiger partial charge in [-0.25, -0.2) is 0 Å². The van der Waals surface area contributed by atoms with E-state index < -0.39 is 6.04 Å². The van der Waals surface area contributed by atoms with Crippen LogP contribution < -0.4 is 16.4 Å². The molecule has 0 radical (unpaired) electrons. The highest BCUT2D eigenvalue weighted by atomic mass is 16.5. The zero-order chi connectivity index (χ0) is 19.6. The average Bonchev–Trinajstić information content (AvgIpc) is 2.71. The molecular weight excluding hydrogens is 344 g/mol. The number of ether oxygens (including phenoxy) is 1. The van der Waals surface area contributed by atoms with Gasteiger partial charge < -0.3 is 26.0 Å². The van der Waals surface area contributed by atoms with Gasteiger partial charge in [0.1, 0.15) is 0 Å². The molecule has 0 saturated carbocycles. The van der Waals surface area contributed by atoms with Crippen molar-refractivity contribution in [1.82, 2.24) is 10.2 Å². The van der Waals surface area contributed by atoms with Crippen LogP contribution >= 0.6 is 0 Å². The van der Waals surface area contributed by atoms with Crippen LogP contribution in [-0.4, -0.2) is 62.1 Å². The summed E-state index contributed by atoms with van der Waals surface area (Å²) >= 11 is 0. The van der Waals surface area contributed by atoms with Crippen LogP contribution in [0.4, 0.5) is 5.69 Å². The minimum atomic E-state index is -0.569. The Hall–Kier alpha value is -1.96. The van der Waals surface area contributed by atoms with Gasteiger partial charge in [-0.15, -0.1) is 0 Å². The number of nitrogens with two attached hydrogens (primary N) is 1. The summed E-state index contributed by atoms with van der Waals surface area (Å²) < 4.78 is 5.32. The standard InChI is InChI=1S/C20H32N4O3/c1-3-24(4-2)11-10-22-19(25)16-6-5-7-17(14-16)23-20(26)18(21)15-8-12-27-13-9-15/h5-7,14-15,18H,3-4,8-13,21H2,1-2H3,(H,22,25)(H,23,26). The van der Waals surface area contributed by atoms with E-state index in [2.05, 4.69) is 29.4 Å². The lowest BCUT2D eigenvalue weighted by Crippen LogP contribution is -2.44. The fourth-order valence-electron chi connectivity index (χ4n) is 3.22. The Balaban J connectivity index is 1.88. The Labute approximate surface area is 161 Å². The fraction of sp³-hybridized carbons (Fsp3) is 0.600. The van der Waals surface area contributed by atoms with Crippen LogP contribution in [0.2, 0.25) is 0 Å². The Kier molecular flexibility index (Phi) is 8.71. The molecule has 1 aliphatic heterocycles. The number of anilines is 1. The van der Waals surface area contributed by atoms with Crippen LogP contribution in [-0.2, 0) is 9.53 Å². The lowest BCUT2D eigenvalue weighted by atomic mass is 9.92. The molecule has 1 aromatic carbocycles. The molecule has 0 spiro atoms. The van der Waals surface area contributed by atoms with E-state index in [0.29, 0.717) is 31.0 Å². The molecule has 7 heteroatoms. The average molecular weight is 377 g/mol. The molecule has 7 nitrogen and oxygen atoms in total. The number of hydrogen-bond donors (Lipinski definition) is 3. The first kappa shape index (κ1) is 21.3. The predicted octanol–water partition coefficient (Wildman–Crippen LogP) is 1.45. The van der Waals surface area contributed by atoms with Crippen molar-refractivity contribution in [2.45, 2.75) is 32.7 Å². The van der Waals surface area contributed by atoms with E-state index in [4.69, 9.17) is 10.5 Å². The highest BCUT2D eigenvalue weighted by molar-refractivity contribution is 5.98. The summed E-state index contributed by atoms with van der Waals surface area (Å²) in [6, 6.07) is 6.37. The van der Waals surface area contributed by atoms with Gasteiger partial charge in [-0.3, -0.25) is 9.59 Å². The smallest absolute Gasteiger partial charge is 0.251 e. The third kappa shape index (κ3) is 6.61. The van der Waals surface area contributed by atoms with E-state index in [1.54, 1.807) is 24.3 Å². The molecule has 150 valence electrons. The van der Waals surface area contributed by atoms with Gasteiger partial charge in [-0.2, -0.15) is 0 Å². The van der Waals surface area contributed by atoms with Gasteiger partial charge in [0.15, 0.2) is 0 Å². The van der Waals surface area contributed by atoms with Crippen molar-refractivity contribution in [2.24, 2.45) is 11.7 Å². The van der Waals surface area contributed by atoms with Gasteiger partial charge in [0.25, 0.3) is 5.91 Å². The molecule has 0 aromatic heterocycles. The first-order valence-electron chi connectivity index (χ1n) is 9.80. The largest absolute Gasteiger partial charge is 0.381 e. The maximum atomic E-state index is 12.4. The summed E-state index contributed by atoms with van der Waals surface area (Å²) in [7, 11) is 0. The molecule has 27 heavy (non-hydrogen) atoms. The van der Waals surface area contributed by atoms with Gasteiger partial charge in [0.2, 0.25) is 5.91 Å². The Morgan fingerprint density at radius 2 is 1.96 bits per heavy atom. The predicted molar refractivity (Wildman–Crippen MR) is 107 cm³/mol. The second kappa shape index (κ2) is 11.0. The van der Waals surface area contributed by atoms with Gasteiger partial charge in [-0.05, 0) is 50.0 Å². The first-order chi connectivity index (χ1) is 13.0. The van der Waals surface area contributed by atoms with E-state index in [0.717, 1.165) is 32.5 Å². The van der Waals surface area contributed by atoms with Gasteiger partial charge in [-0.1, -0.05) is 19.9 Å². The molecule has 1 aliphatic rings. The van der Waals surface area contributed by atoms with Crippen molar-refractivity contribution < 1.29 is 14.3 Å². The maximum Gasteiger partial charge on any atom is 0.251 e. The zero-order valence-electron chi connectivity index (χ0n) is 16.4. The topological polar surface area (TPSA) is 96.7 Å². The summed E-state index contributed by atoms with van der Waals surface area (Å²) in [6.45, 7) is 8.82. The molecule has 1 unspecified atom stereocenters. The van der Waals surface area contributed by atoms with Gasteiger partial charge in [0.05, 0.1) is 6.04 Å². The number of likely N-dealkylation sites (N-methyl/N-ethyl adjacent to an activating group) is 1. The van der Waals surface area contributed by atoms with Crippen LogP contribution in [0.1, 0.15) is 37.0 Å². The van der Waals surface area contributed by atoms with Gasteiger partial charge in [0, 0.05) is 37.6 Å². The van der Waals surface area contributed by atoms with E-state index in [1.165, 1.54) is 0 Å². The van der Waals surface area contributed by atoms with Crippen molar-refractivity contribution in [3.05, 3.63) is 29.8 Å². The van der Waals surface area contributed by atoms with Crippen molar-refractivity contribution >= 4 is 17.5 Å². The summed E-state index contributed by atoms with van der Waals surface area (Å²) in [4.78, 5) is 27.0. The van der Waals surface area contributed by atoms with Crippen molar-refractivity contribution in [3.8, 4) is 0 Å². The number of amides is 2. The molecule has 2 rings (SSSR count). The van der Waals surface area contributed by atoms with Crippen LogP contribution in [0.15, 0.2) is 24.3 Å². The van der Waals surface area contributed by atoms with Crippen molar-refractivity contribution in [2.75, 3.05) is 44.7 Å². The highest BCUT2D eigenvalue weighted by Crippen LogP contribution is 2.19. The van der Waals surface area contributed by atoms with Gasteiger partial charge >= 0.3 is 0 Å². The third-order valence-corrected chi connectivity index (χ3v) is 5.08. The molecule has 1 heterocycles. The Morgan fingerprint density at radius 3 is 2.63 bits per heavy atom. The molecule has 4 N–H and O–H groups in total. The van der Waals surface area contributed by atoms with Crippen molar-refractivity contribution in [3.63, 3.8) is 0 Å². The minimum absolute atomic E-state index is 0.130. The number of nitrogens with one attached hydrogen (secondary N) is 2. The Bertz CT molecular complexity index is 613. The van der Waals surface area contributed by atoms with Crippen LogP contribution in [0, 0.1) is 5.92 Å². The lowest BCUT2D eigenvalue weighted by Gasteiger charge is -2.26. The second-order valence-corrected chi connectivity index (χ2v) is 6.83. The zero-order valence-corrected chi connectivity index (χ0v) is 16.4. The molecule has 1 atom stereocenters. The number of benzene rings is 1. The van der Waals surface area contributed by atoms with Crippen LogP contribution in [0.25, 0.3) is 0 Å². The molecular formula is C20H32N4O3. The quantitative estimate of drug-likeness (QED) is 0.606. The summed E-state index contributed by atoms with van der Waals surface area (Å²) in [5.74, 6) is -0.238. The van der Waals surface area contributed by atoms with Crippen LogP contribution in [0.3, 0.4) is 0 Å². The third-order valence-electron chi connectivity index (χ3n) is 5.08. The van der Waals surface area contributed by atoms with Crippen molar-refractivity contribution in [1.29, 1.82) is 0 Å². The summed E-state index contributed by atoms with van der Waals surface area (Å²) in [6.07, 6.45) is 1.59. The lowest BCUT2D eigenvalue weighted by molar-refractivity contribution is -0.119. The second-order valence-electron chi connectivity index (χ2n) is 6.83. The normalized spacial score (nSPS) is 16.1. The SMILES string of the molecule is CCN(CC)CCNC(=O)c1cccc(NC(=O)C(N)C2CCOCC2)c1. The summed E-state index contributed by atoms with van der Waals surface area (Å²) in [5.41, 5.74) is 7.21.